The lowest BCUT2D eigenvalue weighted by Crippen LogP contribution is -2.28. The average Bonchev–Trinajstić information content (AvgIpc) is 2.25. The van der Waals surface area contributed by atoms with Gasteiger partial charge in [-0.05, 0) is 25.1 Å². The molecule has 0 aliphatic rings. The van der Waals surface area contributed by atoms with Crippen molar-refractivity contribution in [2.45, 2.75) is 13.0 Å². The lowest BCUT2D eigenvalue weighted by atomic mass is 10.2. The van der Waals surface area contributed by atoms with Crippen LogP contribution >= 0.6 is 23.2 Å². The first-order chi connectivity index (χ1) is 8.00. The fourth-order valence-electron chi connectivity index (χ4n) is 1.14. The number of aliphatic hydroxyl groups is 1. The van der Waals surface area contributed by atoms with Gasteiger partial charge in [-0.15, -0.1) is 0 Å². The van der Waals surface area contributed by atoms with Crippen LogP contribution in [0.4, 0.5) is 0 Å². The van der Waals surface area contributed by atoms with E-state index >= 15 is 0 Å². The Labute approximate surface area is 110 Å². The average molecular weight is 274 g/mol. The van der Waals surface area contributed by atoms with Gasteiger partial charge in [-0.3, -0.25) is 4.79 Å². The summed E-state index contributed by atoms with van der Waals surface area (Å²) < 4.78 is 0. The molecule has 1 rings (SSSR count). The molecule has 92 valence electrons. The predicted molar refractivity (Wildman–Crippen MR) is 70.2 cm³/mol. The van der Waals surface area contributed by atoms with Gasteiger partial charge in [0.2, 0.25) is 5.91 Å². The van der Waals surface area contributed by atoms with Gasteiger partial charge in [0, 0.05) is 28.2 Å². The van der Waals surface area contributed by atoms with Crippen molar-refractivity contribution < 1.29 is 9.90 Å². The summed E-state index contributed by atoms with van der Waals surface area (Å²) in [7, 11) is 0. The van der Waals surface area contributed by atoms with E-state index in [1.807, 2.05) is 0 Å². The molecule has 2 N–H and O–H groups in total. The van der Waals surface area contributed by atoms with Crippen LogP contribution in [0.3, 0.4) is 0 Å². The molecule has 0 fully saturated rings. The van der Waals surface area contributed by atoms with Gasteiger partial charge in [0.25, 0.3) is 0 Å². The van der Waals surface area contributed by atoms with E-state index in [-0.39, 0.29) is 12.5 Å². The maximum atomic E-state index is 11.3. The molecule has 1 atom stereocenters. The number of hydrogen-bond donors (Lipinski definition) is 2. The molecular weight excluding hydrogens is 261 g/mol. The Morgan fingerprint density at radius 1 is 1.47 bits per heavy atom. The Balaban J connectivity index is 2.67. The molecular formula is C12H13Cl2NO2. The van der Waals surface area contributed by atoms with Crippen LogP contribution < -0.4 is 5.32 Å². The number of aliphatic hydroxyl groups excluding tert-OH is 1. The predicted octanol–water partition coefficient (Wildman–Crippen LogP) is 2.50. The molecule has 3 nitrogen and oxygen atoms in total. The van der Waals surface area contributed by atoms with E-state index in [1.54, 1.807) is 31.2 Å². The second-order valence-corrected chi connectivity index (χ2v) is 4.38. The Morgan fingerprint density at radius 2 is 2.06 bits per heavy atom. The first-order valence-corrected chi connectivity index (χ1v) is 5.84. The lowest BCUT2D eigenvalue weighted by molar-refractivity contribution is -0.116. The van der Waals surface area contributed by atoms with Crippen LogP contribution in [0.5, 0.6) is 0 Å². The third-order valence-corrected chi connectivity index (χ3v) is 2.63. The molecule has 0 spiro atoms. The summed E-state index contributed by atoms with van der Waals surface area (Å²) in [6.07, 6.45) is 2.30. The van der Waals surface area contributed by atoms with Crippen molar-refractivity contribution in [3.8, 4) is 0 Å². The lowest BCUT2D eigenvalue weighted by Gasteiger charge is -2.04. The maximum absolute atomic E-state index is 11.3. The van der Waals surface area contributed by atoms with Crippen LogP contribution in [-0.2, 0) is 4.79 Å². The molecule has 17 heavy (non-hydrogen) atoms. The van der Waals surface area contributed by atoms with Crippen molar-refractivity contribution in [2.75, 3.05) is 6.54 Å². The number of carbonyl (C=O) groups excluding carboxylic acids is 1. The van der Waals surface area contributed by atoms with Crippen molar-refractivity contribution in [3.05, 3.63) is 39.9 Å². The zero-order valence-electron chi connectivity index (χ0n) is 9.28. The molecule has 5 heteroatoms. The quantitative estimate of drug-likeness (QED) is 0.829. The number of halogens is 2. The number of carbonyl (C=O) groups is 1. The number of amides is 1. The Bertz CT molecular complexity index is 410. The first kappa shape index (κ1) is 14.0. The smallest absolute Gasteiger partial charge is 0.244 e. The highest BCUT2D eigenvalue weighted by Crippen LogP contribution is 2.25. The van der Waals surface area contributed by atoms with Crippen LogP contribution in [0.25, 0.3) is 6.08 Å². The minimum absolute atomic E-state index is 0.208. The van der Waals surface area contributed by atoms with Crippen molar-refractivity contribution in [3.63, 3.8) is 0 Å². The normalized spacial score (nSPS) is 12.7. The number of nitrogens with one attached hydrogen (secondary N) is 1. The van der Waals surface area contributed by atoms with Crippen molar-refractivity contribution in [1.82, 2.24) is 5.32 Å². The highest BCUT2D eigenvalue weighted by atomic mass is 35.5. The Hall–Kier alpha value is -1.03. The van der Waals surface area contributed by atoms with Crippen LogP contribution in [-0.4, -0.2) is 23.7 Å². The summed E-state index contributed by atoms with van der Waals surface area (Å²) in [5, 5.41) is 12.5. The molecule has 0 saturated carbocycles. The fraction of sp³-hybridized carbons (Fsp3) is 0.250. The van der Waals surface area contributed by atoms with Gasteiger partial charge in [0.15, 0.2) is 0 Å². The van der Waals surface area contributed by atoms with E-state index in [2.05, 4.69) is 5.32 Å². The van der Waals surface area contributed by atoms with E-state index in [0.29, 0.717) is 15.6 Å². The minimum atomic E-state index is -0.573. The van der Waals surface area contributed by atoms with E-state index < -0.39 is 6.10 Å². The van der Waals surface area contributed by atoms with Gasteiger partial charge in [0.1, 0.15) is 0 Å². The summed E-state index contributed by atoms with van der Waals surface area (Å²) in [4.78, 5) is 11.3. The van der Waals surface area contributed by atoms with E-state index in [9.17, 15) is 4.79 Å². The standard InChI is InChI=1S/C12H13Cl2NO2/c1-8(16)7-15-12(17)6-5-9-10(13)3-2-4-11(9)14/h2-6,8,16H,7H2,1H3,(H,15,17)/b6-5+/t8-/m0/s1. The summed E-state index contributed by atoms with van der Waals surface area (Å²) in [5.74, 6) is -0.304. The monoisotopic (exact) mass is 273 g/mol. The molecule has 0 saturated heterocycles. The number of benzene rings is 1. The molecule has 0 bridgehead atoms. The van der Waals surface area contributed by atoms with Gasteiger partial charge in [-0.2, -0.15) is 0 Å². The van der Waals surface area contributed by atoms with Crippen LogP contribution in [0.2, 0.25) is 10.0 Å². The van der Waals surface area contributed by atoms with Crippen molar-refractivity contribution >= 4 is 35.2 Å². The fourth-order valence-corrected chi connectivity index (χ4v) is 1.66. The molecule has 0 aliphatic heterocycles. The minimum Gasteiger partial charge on any atom is -0.392 e. The second kappa shape index (κ2) is 6.64. The Kier molecular flexibility index (Phi) is 5.48. The Morgan fingerprint density at radius 3 is 2.59 bits per heavy atom. The SMILES string of the molecule is C[C@H](O)CNC(=O)/C=C/c1c(Cl)cccc1Cl. The van der Waals surface area contributed by atoms with Crippen LogP contribution in [0.15, 0.2) is 24.3 Å². The topological polar surface area (TPSA) is 49.3 Å². The number of rotatable bonds is 4. The molecule has 0 aromatic heterocycles. The van der Waals surface area contributed by atoms with Crippen LogP contribution in [0, 0.1) is 0 Å². The van der Waals surface area contributed by atoms with Gasteiger partial charge >= 0.3 is 0 Å². The molecule has 1 amide bonds. The number of hydrogen-bond acceptors (Lipinski definition) is 2. The zero-order chi connectivity index (χ0) is 12.8. The maximum Gasteiger partial charge on any atom is 0.244 e. The van der Waals surface area contributed by atoms with E-state index in [4.69, 9.17) is 28.3 Å². The van der Waals surface area contributed by atoms with Gasteiger partial charge in [0.05, 0.1) is 6.10 Å². The van der Waals surface area contributed by atoms with Crippen molar-refractivity contribution in [1.29, 1.82) is 0 Å². The van der Waals surface area contributed by atoms with Gasteiger partial charge < -0.3 is 10.4 Å². The largest absolute Gasteiger partial charge is 0.392 e. The molecule has 0 heterocycles. The molecule has 1 aromatic rings. The first-order valence-electron chi connectivity index (χ1n) is 5.08. The summed E-state index contributed by atoms with van der Waals surface area (Å²) in [5.41, 5.74) is 0.600. The summed E-state index contributed by atoms with van der Waals surface area (Å²) in [6, 6.07) is 5.12. The molecule has 0 unspecified atom stereocenters. The second-order valence-electron chi connectivity index (χ2n) is 3.56. The van der Waals surface area contributed by atoms with Crippen LogP contribution in [0.1, 0.15) is 12.5 Å². The van der Waals surface area contributed by atoms with Gasteiger partial charge in [-0.25, -0.2) is 0 Å². The van der Waals surface area contributed by atoms with E-state index in [1.165, 1.54) is 6.08 Å². The third kappa shape index (κ3) is 4.77. The summed E-state index contributed by atoms with van der Waals surface area (Å²) in [6.45, 7) is 1.80. The van der Waals surface area contributed by atoms with E-state index in [0.717, 1.165) is 0 Å². The summed E-state index contributed by atoms with van der Waals surface area (Å²) >= 11 is 11.9. The highest BCUT2D eigenvalue weighted by Gasteiger charge is 2.03. The zero-order valence-corrected chi connectivity index (χ0v) is 10.8. The highest BCUT2D eigenvalue weighted by molar-refractivity contribution is 6.37. The molecule has 1 aromatic carbocycles. The molecule has 0 radical (unpaired) electrons. The van der Waals surface area contributed by atoms with Gasteiger partial charge in [-0.1, -0.05) is 29.3 Å². The van der Waals surface area contributed by atoms with Crippen molar-refractivity contribution in [2.24, 2.45) is 0 Å². The third-order valence-electron chi connectivity index (χ3n) is 1.97. The molecule has 0 aliphatic carbocycles.